The highest BCUT2D eigenvalue weighted by molar-refractivity contribution is 5.95. The van der Waals surface area contributed by atoms with E-state index in [1.54, 1.807) is 12.1 Å². The van der Waals surface area contributed by atoms with Crippen LogP contribution in [0.4, 0.5) is 5.69 Å². The Labute approximate surface area is 104 Å². The van der Waals surface area contributed by atoms with Crippen molar-refractivity contribution in [3.63, 3.8) is 0 Å². The lowest BCUT2D eigenvalue weighted by molar-refractivity contribution is -0.122. The number of benzene rings is 1. The average Bonchev–Trinajstić information content (AvgIpc) is 2.36. The van der Waals surface area contributed by atoms with Crippen molar-refractivity contribution in [3.8, 4) is 5.75 Å². The van der Waals surface area contributed by atoms with Crippen molar-refractivity contribution in [2.45, 2.75) is 13.0 Å². The van der Waals surface area contributed by atoms with Gasteiger partial charge in [0, 0.05) is 13.0 Å². The van der Waals surface area contributed by atoms with E-state index in [2.05, 4.69) is 10.6 Å². The molecular formula is C12H14N2O4. The SMILES string of the molecule is O=C(CCO)NCc1ccc2c(c1)NC(=O)CO2. The Bertz CT molecular complexity index is 473. The highest BCUT2D eigenvalue weighted by Crippen LogP contribution is 2.28. The van der Waals surface area contributed by atoms with Crippen LogP contribution in [0, 0.1) is 0 Å². The van der Waals surface area contributed by atoms with Crippen molar-refractivity contribution >= 4 is 17.5 Å². The second-order valence-electron chi connectivity index (χ2n) is 3.92. The average molecular weight is 250 g/mol. The molecule has 0 unspecified atom stereocenters. The number of anilines is 1. The first-order chi connectivity index (χ1) is 8.69. The standard InChI is InChI=1S/C12H14N2O4/c15-4-3-11(16)13-6-8-1-2-10-9(5-8)14-12(17)7-18-10/h1-2,5,15H,3-4,6-7H2,(H,13,16)(H,14,17). The molecule has 0 bridgehead atoms. The fraction of sp³-hybridized carbons (Fsp3) is 0.333. The van der Waals surface area contributed by atoms with Gasteiger partial charge < -0.3 is 20.5 Å². The molecule has 1 aliphatic heterocycles. The molecule has 6 heteroatoms. The van der Waals surface area contributed by atoms with Gasteiger partial charge in [-0.1, -0.05) is 6.07 Å². The number of ether oxygens (including phenoxy) is 1. The fourth-order valence-corrected chi connectivity index (χ4v) is 1.63. The summed E-state index contributed by atoms with van der Waals surface area (Å²) in [6.07, 6.45) is 0.0881. The molecule has 0 spiro atoms. The lowest BCUT2D eigenvalue weighted by Crippen LogP contribution is -2.26. The summed E-state index contributed by atoms with van der Waals surface area (Å²) in [5.41, 5.74) is 1.46. The smallest absolute Gasteiger partial charge is 0.262 e. The molecule has 3 N–H and O–H groups in total. The Morgan fingerprint density at radius 3 is 3.11 bits per heavy atom. The van der Waals surface area contributed by atoms with Gasteiger partial charge >= 0.3 is 0 Å². The molecule has 0 radical (unpaired) electrons. The molecular weight excluding hydrogens is 236 g/mol. The molecule has 6 nitrogen and oxygen atoms in total. The first-order valence-electron chi connectivity index (χ1n) is 5.62. The van der Waals surface area contributed by atoms with Gasteiger partial charge in [0.25, 0.3) is 5.91 Å². The van der Waals surface area contributed by atoms with Crippen LogP contribution in [-0.4, -0.2) is 30.1 Å². The normalized spacial score (nSPS) is 13.3. The molecule has 0 saturated heterocycles. The topological polar surface area (TPSA) is 87.7 Å². The lowest BCUT2D eigenvalue weighted by atomic mass is 10.1. The second-order valence-corrected chi connectivity index (χ2v) is 3.92. The van der Waals surface area contributed by atoms with Crippen molar-refractivity contribution in [2.75, 3.05) is 18.5 Å². The third-order valence-corrected chi connectivity index (χ3v) is 2.51. The van der Waals surface area contributed by atoms with E-state index in [0.29, 0.717) is 18.0 Å². The van der Waals surface area contributed by atoms with Crippen LogP contribution >= 0.6 is 0 Å². The van der Waals surface area contributed by atoms with Crippen molar-refractivity contribution in [1.82, 2.24) is 5.32 Å². The molecule has 0 atom stereocenters. The number of aliphatic hydroxyl groups excluding tert-OH is 1. The lowest BCUT2D eigenvalue weighted by Gasteiger charge is -2.18. The summed E-state index contributed by atoms with van der Waals surface area (Å²) >= 11 is 0. The number of carbonyl (C=O) groups is 2. The van der Waals surface area contributed by atoms with Crippen molar-refractivity contribution in [3.05, 3.63) is 23.8 Å². The largest absolute Gasteiger partial charge is 0.482 e. The fourth-order valence-electron chi connectivity index (χ4n) is 1.63. The van der Waals surface area contributed by atoms with Crippen LogP contribution in [0.25, 0.3) is 0 Å². The van der Waals surface area contributed by atoms with E-state index in [9.17, 15) is 9.59 Å². The number of hydrogen-bond donors (Lipinski definition) is 3. The first kappa shape index (κ1) is 12.4. The number of aliphatic hydroxyl groups is 1. The summed E-state index contributed by atoms with van der Waals surface area (Å²) in [7, 11) is 0. The Hall–Kier alpha value is -2.08. The summed E-state index contributed by atoms with van der Waals surface area (Å²) in [6, 6.07) is 5.32. The molecule has 18 heavy (non-hydrogen) atoms. The van der Waals surface area contributed by atoms with Gasteiger partial charge in [0.2, 0.25) is 5.91 Å². The molecule has 0 aromatic heterocycles. The summed E-state index contributed by atoms with van der Waals surface area (Å²) in [5, 5.41) is 14.0. The number of hydrogen-bond acceptors (Lipinski definition) is 4. The molecule has 2 rings (SSSR count). The van der Waals surface area contributed by atoms with Crippen molar-refractivity contribution < 1.29 is 19.4 Å². The van der Waals surface area contributed by atoms with E-state index in [1.807, 2.05) is 6.07 Å². The summed E-state index contributed by atoms with van der Waals surface area (Å²) in [4.78, 5) is 22.3. The van der Waals surface area contributed by atoms with E-state index in [-0.39, 0.29) is 31.4 Å². The number of nitrogens with one attached hydrogen (secondary N) is 2. The predicted molar refractivity (Wildman–Crippen MR) is 64.1 cm³/mol. The zero-order valence-electron chi connectivity index (χ0n) is 9.73. The predicted octanol–water partition coefficient (Wildman–Crippen LogP) is 0.0161. The van der Waals surface area contributed by atoms with Crippen LogP contribution < -0.4 is 15.4 Å². The molecule has 2 amide bonds. The van der Waals surface area contributed by atoms with E-state index in [0.717, 1.165) is 5.56 Å². The molecule has 1 aromatic rings. The molecule has 1 heterocycles. The Morgan fingerprint density at radius 2 is 2.33 bits per heavy atom. The van der Waals surface area contributed by atoms with Gasteiger partial charge in [0.15, 0.2) is 6.61 Å². The van der Waals surface area contributed by atoms with Gasteiger partial charge in [-0.15, -0.1) is 0 Å². The first-order valence-corrected chi connectivity index (χ1v) is 5.62. The van der Waals surface area contributed by atoms with Crippen LogP contribution in [0.5, 0.6) is 5.75 Å². The monoisotopic (exact) mass is 250 g/mol. The maximum Gasteiger partial charge on any atom is 0.262 e. The summed E-state index contributed by atoms with van der Waals surface area (Å²) in [6.45, 7) is 0.210. The third kappa shape index (κ3) is 2.98. The number of carbonyl (C=O) groups excluding carboxylic acids is 2. The van der Waals surface area contributed by atoms with Crippen molar-refractivity contribution in [1.29, 1.82) is 0 Å². The van der Waals surface area contributed by atoms with Gasteiger partial charge in [0.05, 0.1) is 12.3 Å². The highest BCUT2D eigenvalue weighted by atomic mass is 16.5. The van der Waals surface area contributed by atoms with Gasteiger partial charge in [-0.05, 0) is 17.7 Å². The molecule has 1 aromatic carbocycles. The van der Waals surface area contributed by atoms with Crippen molar-refractivity contribution in [2.24, 2.45) is 0 Å². The number of rotatable bonds is 4. The van der Waals surface area contributed by atoms with Crippen LogP contribution in [0.3, 0.4) is 0 Å². The Balaban J connectivity index is 2.00. The van der Waals surface area contributed by atoms with Crippen LogP contribution in [0.2, 0.25) is 0 Å². The minimum Gasteiger partial charge on any atom is -0.482 e. The number of fused-ring (bicyclic) bond motifs is 1. The quantitative estimate of drug-likeness (QED) is 0.702. The maximum atomic E-state index is 11.2. The third-order valence-electron chi connectivity index (χ3n) is 2.51. The van der Waals surface area contributed by atoms with Gasteiger partial charge in [0.1, 0.15) is 5.75 Å². The Kier molecular flexibility index (Phi) is 3.78. The summed E-state index contributed by atoms with van der Waals surface area (Å²) < 4.78 is 5.22. The van der Waals surface area contributed by atoms with E-state index in [1.165, 1.54) is 0 Å². The minimum atomic E-state index is -0.212. The molecule has 1 aliphatic rings. The maximum absolute atomic E-state index is 11.2. The zero-order valence-corrected chi connectivity index (χ0v) is 9.73. The second kappa shape index (κ2) is 5.50. The van der Waals surface area contributed by atoms with Gasteiger partial charge in [-0.25, -0.2) is 0 Å². The van der Waals surface area contributed by atoms with E-state index in [4.69, 9.17) is 9.84 Å². The van der Waals surface area contributed by atoms with E-state index < -0.39 is 0 Å². The molecule has 0 fully saturated rings. The van der Waals surface area contributed by atoms with E-state index >= 15 is 0 Å². The van der Waals surface area contributed by atoms with Crippen LogP contribution in [0.15, 0.2) is 18.2 Å². The van der Waals surface area contributed by atoms with Gasteiger partial charge in [-0.3, -0.25) is 9.59 Å². The van der Waals surface area contributed by atoms with Crippen LogP contribution in [0.1, 0.15) is 12.0 Å². The Morgan fingerprint density at radius 1 is 1.50 bits per heavy atom. The van der Waals surface area contributed by atoms with Crippen LogP contribution in [-0.2, 0) is 16.1 Å². The molecule has 96 valence electrons. The summed E-state index contributed by atoms with van der Waals surface area (Å²) in [5.74, 6) is 0.222. The molecule has 0 saturated carbocycles. The number of amides is 2. The zero-order chi connectivity index (χ0) is 13.0. The van der Waals surface area contributed by atoms with Gasteiger partial charge in [-0.2, -0.15) is 0 Å². The molecule has 0 aliphatic carbocycles. The highest BCUT2D eigenvalue weighted by Gasteiger charge is 2.15. The minimum absolute atomic E-state index is 0.0274.